The van der Waals surface area contributed by atoms with Crippen LogP contribution in [-0.4, -0.2) is 67.6 Å². The van der Waals surface area contributed by atoms with Gasteiger partial charge in [-0.1, -0.05) is 17.7 Å². The number of nitrogens with zero attached hydrogens (tertiary/aromatic N) is 4. The molecule has 6 nitrogen and oxygen atoms in total. The first-order valence-electron chi connectivity index (χ1n) is 9.02. The maximum absolute atomic E-state index is 12.9. The van der Waals surface area contributed by atoms with E-state index in [1.165, 1.54) is 0 Å². The van der Waals surface area contributed by atoms with Crippen LogP contribution < -0.4 is 4.90 Å². The van der Waals surface area contributed by atoms with Crippen molar-refractivity contribution in [3.05, 3.63) is 41.1 Å². The van der Waals surface area contributed by atoms with E-state index in [4.69, 9.17) is 21.3 Å². The van der Waals surface area contributed by atoms with Crippen LogP contribution in [-0.2, 0) is 16.0 Å². The predicted molar refractivity (Wildman–Crippen MR) is 103 cm³/mol. The smallest absolute Gasteiger partial charge is 0.231 e. The van der Waals surface area contributed by atoms with E-state index in [-0.39, 0.29) is 12.1 Å². The molecular weight excluding hydrogens is 352 g/mol. The predicted octanol–water partition coefficient (Wildman–Crippen LogP) is 2.14. The van der Waals surface area contributed by atoms with Crippen LogP contribution in [0.25, 0.3) is 0 Å². The summed E-state index contributed by atoms with van der Waals surface area (Å²) < 4.78 is 5.41. The van der Waals surface area contributed by atoms with Crippen LogP contribution in [0.1, 0.15) is 12.0 Å². The largest absolute Gasteiger partial charge is 0.378 e. The molecule has 3 aliphatic heterocycles. The Morgan fingerprint density at radius 1 is 1.31 bits per heavy atom. The molecule has 0 saturated carbocycles. The second-order valence-electron chi connectivity index (χ2n) is 6.79. The quantitative estimate of drug-likeness (QED) is 0.795. The highest BCUT2D eigenvalue weighted by Gasteiger charge is 2.29. The zero-order valence-corrected chi connectivity index (χ0v) is 15.7. The normalized spacial score (nSPS) is 22.5. The number of aliphatic imine (C=N–C) groups is 1. The van der Waals surface area contributed by atoms with E-state index in [1.54, 1.807) is 0 Å². The monoisotopic (exact) mass is 374 g/mol. The number of amides is 1. The standard InChI is InChI=1S/C19H23ClN4O2/c1-22-7-6-17(23-9-11-26-12-10-23)21-18(22)13-19(25)24-8-5-14-15(20)3-2-4-16(14)24/h2-4,6-7,18H,5,8-13H2,1H3. The topological polar surface area (TPSA) is 48.4 Å². The Kier molecular flexibility index (Phi) is 4.87. The lowest BCUT2D eigenvalue weighted by atomic mass is 10.1. The molecule has 4 rings (SSSR count). The first kappa shape index (κ1) is 17.4. The summed E-state index contributed by atoms with van der Waals surface area (Å²) in [6, 6.07) is 5.75. The zero-order chi connectivity index (χ0) is 18.1. The van der Waals surface area contributed by atoms with E-state index in [2.05, 4.69) is 4.90 Å². The number of ether oxygens (including phenoxy) is 1. The summed E-state index contributed by atoms with van der Waals surface area (Å²) in [4.78, 5) is 23.8. The van der Waals surface area contributed by atoms with Crippen molar-refractivity contribution in [2.24, 2.45) is 4.99 Å². The fourth-order valence-electron chi connectivity index (χ4n) is 3.66. The average molecular weight is 375 g/mol. The maximum atomic E-state index is 12.9. The molecule has 1 fully saturated rings. The number of carbonyl (C=O) groups excluding carboxylic acids is 1. The minimum absolute atomic E-state index is 0.0863. The van der Waals surface area contributed by atoms with Gasteiger partial charge in [0.2, 0.25) is 5.91 Å². The highest BCUT2D eigenvalue weighted by Crippen LogP contribution is 2.34. The molecule has 1 aromatic rings. The van der Waals surface area contributed by atoms with Crippen molar-refractivity contribution in [2.75, 3.05) is 44.8 Å². The molecule has 0 N–H and O–H groups in total. The van der Waals surface area contributed by atoms with Gasteiger partial charge in [0.25, 0.3) is 0 Å². The summed E-state index contributed by atoms with van der Waals surface area (Å²) >= 11 is 6.27. The molecule has 0 aromatic heterocycles. The molecule has 138 valence electrons. The van der Waals surface area contributed by atoms with Gasteiger partial charge >= 0.3 is 0 Å². The number of hydrogen-bond acceptors (Lipinski definition) is 5. The van der Waals surface area contributed by atoms with Crippen LogP contribution in [0.4, 0.5) is 5.69 Å². The van der Waals surface area contributed by atoms with E-state index in [0.29, 0.717) is 13.0 Å². The Balaban J connectivity index is 1.48. The Bertz CT molecular complexity index is 758. The maximum Gasteiger partial charge on any atom is 0.231 e. The fourth-order valence-corrected chi connectivity index (χ4v) is 3.92. The molecule has 1 amide bonds. The Labute approximate surface area is 158 Å². The third kappa shape index (κ3) is 3.31. The van der Waals surface area contributed by atoms with E-state index in [1.807, 2.05) is 47.3 Å². The van der Waals surface area contributed by atoms with Crippen molar-refractivity contribution in [2.45, 2.75) is 19.0 Å². The number of amidine groups is 1. The number of halogens is 1. The van der Waals surface area contributed by atoms with Gasteiger partial charge < -0.3 is 19.4 Å². The summed E-state index contributed by atoms with van der Waals surface area (Å²) in [5, 5.41) is 0.739. The van der Waals surface area contributed by atoms with Gasteiger partial charge in [-0.25, -0.2) is 4.99 Å². The van der Waals surface area contributed by atoms with Crippen LogP contribution in [0.2, 0.25) is 5.02 Å². The molecule has 0 radical (unpaired) electrons. The molecular formula is C19H23ClN4O2. The second-order valence-corrected chi connectivity index (χ2v) is 7.19. The number of fused-ring (bicyclic) bond motifs is 1. The van der Waals surface area contributed by atoms with Crippen LogP contribution in [0.15, 0.2) is 35.5 Å². The van der Waals surface area contributed by atoms with Gasteiger partial charge in [0, 0.05) is 43.6 Å². The van der Waals surface area contributed by atoms with E-state index >= 15 is 0 Å². The van der Waals surface area contributed by atoms with Crippen molar-refractivity contribution in [1.82, 2.24) is 9.80 Å². The number of benzene rings is 1. The molecule has 0 spiro atoms. The second kappa shape index (κ2) is 7.29. The van der Waals surface area contributed by atoms with Crippen molar-refractivity contribution < 1.29 is 9.53 Å². The van der Waals surface area contributed by atoms with Gasteiger partial charge in [0.15, 0.2) is 0 Å². The lowest BCUT2D eigenvalue weighted by Gasteiger charge is -2.34. The Morgan fingerprint density at radius 3 is 2.92 bits per heavy atom. The average Bonchev–Trinajstić information content (AvgIpc) is 3.10. The van der Waals surface area contributed by atoms with E-state index < -0.39 is 0 Å². The van der Waals surface area contributed by atoms with E-state index in [0.717, 1.165) is 54.8 Å². The van der Waals surface area contributed by atoms with Crippen LogP contribution >= 0.6 is 11.6 Å². The fraction of sp³-hybridized carbons (Fsp3) is 0.474. The molecule has 3 heterocycles. The van der Waals surface area contributed by atoms with Crippen molar-refractivity contribution in [3.63, 3.8) is 0 Å². The molecule has 26 heavy (non-hydrogen) atoms. The lowest BCUT2D eigenvalue weighted by molar-refractivity contribution is -0.119. The number of carbonyl (C=O) groups is 1. The summed E-state index contributed by atoms with van der Waals surface area (Å²) in [6.07, 6.45) is 4.99. The number of rotatable bonds is 2. The van der Waals surface area contributed by atoms with Gasteiger partial charge in [-0.05, 0) is 30.2 Å². The molecule has 1 saturated heterocycles. The van der Waals surface area contributed by atoms with Gasteiger partial charge in [-0.15, -0.1) is 0 Å². The molecule has 1 atom stereocenters. The zero-order valence-electron chi connectivity index (χ0n) is 14.9. The first-order chi connectivity index (χ1) is 12.6. The molecule has 1 aromatic carbocycles. The van der Waals surface area contributed by atoms with Crippen molar-refractivity contribution in [3.8, 4) is 0 Å². The van der Waals surface area contributed by atoms with Crippen molar-refractivity contribution in [1.29, 1.82) is 0 Å². The van der Waals surface area contributed by atoms with Gasteiger partial charge in [-0.3, -0.25) is 4.79 Å². The number of morpholine rings is 1. The molecule has 0 bridgehead atoms. The van der Waals surface area contributed by atoms with Crippen molar-refractivity contribution >= 4 is 29.0 Å². The summed E-state index contributed by atoms with van der Waals surface area (Å²) in [7, 11) is 1.96. The number of hydrogen-bond donors (Lipinski definition) is 0. The number of anilines is 1. The van der Waals surface area contributed by atoms with Crippen LogP contribution in [0.5, 0.6) is 0 Å². The Morgan fingerprint density at radius 2 is 2.12 bits per heavy atom. The van der Waals surface area contributed by atoms with Crippen LogP contribution in [0, 0.1) is 0 Å². The molecule has 0 aliphatic carbocycles. The lowest BCUT2D eigenvalue weighted by Crippen LogP contribution is -2.44. The van der Waals surface area contributed by atoms with Gasteiger partial charge in [0.1, 0.15) is 12.0 Å². The summed E-state index contributed by atoms with van der Waals surface area (Å²) in [5.41, 5.74) is 2.01. The van der Waals surface area contributed by atoms with Crippen LogP contribution in [0.3, 0.4) is 0 Å². The SMILES string of the molecule is CN1C=CC(N2CCOCC2)=NC1CC(=O)N1CCc2c(Cl)cccc21. The molecule has 3 aliphatic rings. The highest BCUT2D eigenvalue weighted by molar-refractivity contribution is 6.32. The van der Waals surface area contributed by atoms with E-state index in [9.17, 15) is 4.79 Å². The van der Waals surface area contributed by atoms with Gasteiger partial charge in [-0.2, -0.15) is 0 Å². The third-order valence-electron chi connectivity index (χ3n) is 5.17. The third-order valence-corrected chi connectivity index (χ3v) is 5.53. The summed E-state index contributed by atoms with van der Waals surface area (Å²) in [6.45, 7) is 3.80. The highest BCUT2D eigenvalue weighted by atomic mass is 35.5. The Hall–Kier alpha value is -2.05. The van der Waals surface area contributed by atoms with Gasteiger partial charge in [0.05, 0.1) is 19.6 Å². The summed E-state index contributed by atoms with van der Waals surface area (Å²) in [5.74, 6) is 1.03. The first-order valence-corrected chi connectivity index (χ1v) is 9.39. The minimum atomic E-state index is -0.187. The minimum Gasteiger partial charge on any atom is -0.378 e. The molecule has 7 heteroatoms. The molecule has 1 unspecified atom stereocenters.